The minimum Gasteiger partial charge on any atom is -0.320 e. The van der Waals surface area contributed by atoms with Gasteiger partial charge in [-0.15, -0.1) is 0 Å². The molecule has 3 nitrogen and oxygen atoms in total. The average molecular weight is 391 g/mol. The lowest BCUT2D eigenvalue weighted by molar-refractivity contribution is -0.147. The van der Waals surface area contributed by atoms with Gasteiger partial charge in [-0.25, -0.2) is 9.37 Å². The molecule has 3 aromatic rings. The largest absolute Gasteiger partial charge is 0.449 e. The van der Waals surface area contributed by atoms with Crippen molar-refractivity contribution in [3.05, 3.63) is 65.7 Å². The summed E-state index contributed by atoms with van der Waals surface area (Å²) in [6.07, 6.45) is -2.87. The van der Waals surface area contributed by atoms with E-state index in [1.807, 2.05) is 6.07 Å². The van der Waals surface area contributed by atoms with E-state index in [9.17, 15) is 17.6 Å². The average Bonchev–Trinajstić information content (AvgIpc) is 3.02. The topological polar surface area (TPSA) is 21.1 Å². The Balaban J connectivity index is 1.45. The summed E-state index contributed by atoms with van der Waals surface area (Å²) < 4.78 is 55.0. The summed E-state index contributed by atoms with van der Waals surface area (Å²) in [4.78, 5) is 6.04. The van der Waals surface area contributed by atoms with E-state index in [1.165, 1.54) is 16.7 Å². The number of hydrogen-bond donors (Lipinski definition) is 0. The van der Waals surface area contributed by atoms with Gasteiger partial charge in [-0.1, -0.05) is 24.3 Å². The van der Waals surface area contributed by atoms with Crippen molar-refractivity contribution in [1.29, 1.82) is 0 Å². The molecule has 0 atom stereocenters. The molecule has 1 aliphatic rings. The van der Waals surface area contributed by atoms with Gasteiger partial charge in [-0.3, -0.25) is 4.90 Å². The molecule has 0 aliphatic carbocycles. The van der Waals surface area contributed by atoms with Crippen LogP contribution in [0.5, 0.6) is 0 Å². The molecule has 1 saturated heterocycles. The first kappa shape index (κ1) is 18.9. The van der Waals surface area contributed by atoms with Crippen LogP contribution in [0.25, 0.3) is 11.0 Å². The van der Waals surface area contributed by atoms with E-state index in [0.717, 1.165) is 31.5 Å². The van der Waals surface area contributed by atoms with Crippen molar-refractivity contribution < 1.29 is 17.6 Å². The van der Waals surface area contributed by atoms with E-state index < -0.39 is 12.0 Å². The summed E-state index contributed by atoms with van der Waals surface area (Å²) >= 11 is 0. The Labute approximate surface area is 160 Å². The molecule has 2 heterocycles. The third-order valence-electron chi connectivity index (χ3n) is 5.35. The van der Waals surface area contributed by atoms with Crippen LogP contribution in [0, 0.1) is 11.7 Å². The summed E-state index contributed by atoms with van der Waals surface area (Å²) in [6, 6.07) is 13.3. The van der Waals surface area contributed by atoms with Gasteiger partial charge in [0.1, 0.15) is 5.82 Å². The molecule has 1 aliphatic heterocycles. The van der Waals surface area contributed by atoms with Crippen LogP contribution in [-0.2, 0) is 19.3 Å². The minimum absolute atomic E-state index is 0.155. The molecule has 4 rings (SSSR count). The van der Waals surface area contributed by atoms with Crippen LogP contribution >= 0.6 is 0 Å². The van der Waals surface area contributed by atoms with Crippen LogP contribution in [-0.4, -0.2) is 27.5 Å². The highest BCUT2D eigenvalue weighted by Crippen LogP contribution is 2.33. The van der Waals surface area contributed by atoms with E-state index in [4.69, 9.17) is 0 Å². The van der Waals surface area contributed by atoms with Crippen molar-refractivity contribution in [2.24, 2.45) is 5.92 Å². The van der Waals surface area contributed by atoms with Crippen LogP contribution in [0.3, 0.4) is 0 Å². The Morgan fingerprint density at radius 1 is 1.00 bits per heavy atom. The number of likely N-dealkylation sites (tertiary alicyclic amines) is 1. The summed E-state index contributed by atoms with van der Waals surface area (Å²) in [5.74, 6) is -0.919. The molecule has 1 aromatic heterocycles. The first-order valence-electron chi connectivity index (χ1n) is 9.39. The molecule has 0 bridgehead atoms. The number of hydrogen-bond acceptors (Lipinski definition) is 2. The fraction of sp³-hybridized carbons (Fsp3) is 0.381. The lowest BCUT2D eigenvalue weighted by Gasteiger charge is -2.32. The van der Waals surface area contributed by atoms with E-state index >= 15 is 0 Å². The molecule has 0 radical (unpaired) electrons. The Bertz CT molecular complexity index is 956. The number of halogens is 4. The van der Waals surface area contributed by atoms with E-state index in [1.54, 1.807) is 30.3 Å². The second-order valence-electron chi connectivity index (χ2n) is 7.38. The molecule has 0 amide bonds. The normalized spacial score (nSPS) is 16.7. The predicted octanol–water partition coefficient (Wildman–Crippen LogP) is 5.11. The highest BCUT2D eigenvalue weighted by atomic mass is 19.4. The Kier molecular flexibility index (Phi) is 5.10. The first-order chi connectivity index (χ1) is 13.4. The Morgan fingerprint density at radius 3 is 2.46 bits per heavy atom. The van der Waals surface area contributed by atoms with Gasteiger partial charge < -0.3 is 4.57 Å². The maximum absolute atomic E-state index is 13.5. The van der Waals surface area contributed by atoms with Gasteiger partial charge in [0.2, 0.25) is 5.82 Å². The van der Waals surface area contributed by atoms with Crippen molar-refractivity contribution in [1.82, 2.24) is 14.5 Å². The smallest absolute Gasteiger partial charge is 0.320 e. The van der Waals surface area contributed by atoms with Crippen molar-refractivity contribution in [3.63, 3.8) is 0 Å². The molecule has 0 unspecified atom stereocenters. The maximum Gasteiger partial charge on any atom is 0.449 e. The second kappa shape index (κ2) is 7.54. The van der Waals surface area contributed by atoms with Gasteiger partial charge in [-0.2, -0.15) is 13.2 Å². The third kappa shape index (κ3) is 4.04. The highest BCUT2D eigenvalue weighted by molar-refractivity contribution is 5.76. The molecular weight excluding hydrogens is 370 g/mol. The molecule has 7 heteroatoms. The molecular formula is C21H21F4N3. The maximum atomic E-state index is 13.5. The fourth-order valence-electron chi connectivity index (χ4n) is 3.96. The molecule has 1 fully saturated rings. The molecule has 0 saturated carbocycles. The van der Waals surface area contributed by atoms with Crippen LogP contribution in [0.1, 0.15) is 24.2 Å². The van der Waals surface area contributed by atoms with Gasteiger partial charge in [0.05, 0.1) is 11.0 Å². The Hall–Kier alpha value is -2.41. The number of alkyl halides is 3. The molecule has 148 valence electrons. The minimum atomic E-state index is -4.48. The standard InChI is InChI=1S/C21H21F4N3/c22-17-5-3-4-16(12-17)13-27-10-8-15(9-11-27)14-28-19-7-2-1-6-18(19)26-20(28)21(23,24)25/h1-7,12,15H,8-11,13-14H2. The van der Waals surface area contributed by atoms with Crippen LogP contribution in [0.2, 0.25) is 0 Å². The summed E-state index contributed by atoms with van der Waals surface area (Å²) in [5, 5.41) is 0. The molecule has 2 aromatic carbocycles. The number of benzene rings is 2. The summed E-state index contributed by atoms with van der Waals surface area (Å²) in [6.45, 7) is 2.54. The van der Waals surface area contributed by atoms with Gasteiger partial charge in [0.15, 0.2) is 0 Å². The fourth-order valence-corrected chi connectivity index (χ4v) is 3.96. The zero-order valence-electron chi connectivity index (χ0n) is 15.3. The van der Waals surface area contributed by atoms with E-state index in [0.29, 0.717) is 24.1 Å². The zero-order chi connectivity index (χ0) is 19.7. The number of imidazole rings is 1. The molecule has 0 N–H and O–H groups in total. The molecule has 28 heavy (non-hydrogen) atoms. The Morgan fingerprint density at radius 2 is 1.75 bits per heavy atom. The summed E-state index contributed by atoms with van der Waals surface area (Å²) in [7, 11) is 0. The highest BCUT2D eigenvalue weighted by Gasteiger charge is 2.38. The van der Waals surface area contributed by atoms with Gasteiger partial charge >= 0.3 is 6.18 Å². The lowest BCUT2D eigenvalue weighted by Crippen LogP contribution is -2.35. The third-order valence-corrected chi connectivity index (χ3v) is 5.35. The van der Waals surface area contributed by atoms with Crippen molar-refractivity contribution in [3.8, 4) is 0 Å². The quantitative estimate of drug-likeness (QED) is 0.577. The van der Waals surface area contributed by atoms with Crippen LogP contribution in [0.15, 0.2) is 48.5 Å². The van der Waals surface area contributed by atoms with Crippen LogP contribution in [0.4, 0.5) is 17.6 Å². The number of para-hydroxylation sites is 2. The van der Waals surface area contributed by atoms with E-state index in [2.05, 4.69) is 9.88 Å². The number of fused-ring (bicyclic) bond motifs is 1. The van der Waals surface area contributed by atoms with Crippen molar-refractivity contribution in [2.45, 2.75) is 32.1 Å². The monoisotopic (exact) mass is 391 g/mol. The van der Waals surface area contributed by atoms with Gasteiger partial charge in [0.25, 0.3) is 0 Å². The van der Waals surface area contributed by atoms with Crippen molar-refractivity contribution >= 4 is 11.0 Å². The van der Waals surface area contributed by atoms with Gasteiger partial charge in [0, 0.05) is 13.1 Å². The first-order valence-corrected chi connectivity index (χ1v) is 9.39. The molecule has 0 spiro atoms. The lowest BCUT2D eigenvalue weighted by atomic mass is 9.96. The number of aromatic nitrogens is 2. The number of nitrogens with zero attached hydrogens (tertiary/aromatic N) is 3. The number of rotatable bonds is 4. The van der Waals surface area contributed by atoms with Crippen LogP contribution < -0.4 is 0 Å². The van der Waals surface area contributed by atoms with Gasteiger partial charge in [-0.05, 0) is 61.7 Å². The number of piperidine rings is 1. The predicted molar refractivity (Wildman–Crippen MR) is 99.1 cm³/mol. The summed E-state index contributed by atoms with van der Waals surface area (Å²) in [5.41, 5.74) is 1.81. The second-order valence-corrected chi connectivity index (χ2v) is 7.38. The van der Waals surface area contributed by atoms with Crippen molar-refractivity contribution in [2.75, 3.05) is 13.1 Å². The van der Waals surface area contributed by atoms with E-state index in [-0.39, 0.29) is 11.7 Å². The SMILES string of the molecule is Fc1cccc(CN2CCC(Cn3c(C(F)(F)F)nc4ccccc43)CC2)c1. The zero-order valence-corrected chi connectivity index (χ0v) is 15.3.